The molecule has 0 saturated carbocycles. The molecule has 0 atom stereocenters. The molecule has 1 rings (SSSR count). The fourth-order valence-electron chi connectivity index (χ4n) is 1.29. The second-order valence-corrected chi connectivity index (χ2v) is 3.91. The summed E-state index contributed by atoms with van der Waals surface area (Å²) in [6.07, 6.45) is 1.30. The number of rotatable bonds is 4. The molecule has 0 saturated heterocycles. The zero-order valence-corrected chi connectivity index (χ0v) is 9.64. The Labute approximate surface area is 97.9 Å². The van der Waals surface area contributed by atoms with Gasteiger partial charge in [0.1, 0.15) is 6.54 Å². The molecule has 1 aromatic rings. The van der Waals surface area contributed by atoms with Crippen LogP contribution in [0.1, 0.15) is 24.2 Å². The van der Waals surface area contributed by atoms with Crippen LogP contribution in [0.15, 0.2) is 23.1 Å². The van der Waals surface area contributed by atoms with Crippen LogP contribution >= 0.6 is 0 Å². The number of pyridine rings is 1. The number of hydrogen-bond donors (Lipinski definition) is 2. The minimum absolute atomic E-state index is 0.00325. The van der Waals surface area contributed by atoms with E-state index >= 15 is 0 Å². The molecule has 0 radical (unpaired) electrons. The van der Waals surface area contributed by atoms with E-state index in [1.807, 2.05) is 13.8 Å². The van der Waals surface area contributed by atoms with Crippen molar-refractivity contribution in [2.45, 2.75) is 26.4 Å². The highest BCUT2D eigenvalue weighted by atomic mass is 16.4. The Bertz CT molecular complexity index is 490. The van der Waals surface area contributed by atoms with Gasteiger partial charge in [-0.05, 0) is 19.9 Å². The van der Waals surface area contributed by atoms with Gasteiger partial charge in [-0.25, -0.2) is 4.79 Å². The Kier molecular flexibility index (Phi) is 4.03. The minimum Gasteiger partial charge on any atom is -0.478 e. The number of aromatic carboxylic acids is 1. The number of carboxylic acids is 1. The smallest absolute Gasteiger partial charge is 0.335 e. The van der Waals surface area contributed by atoms with Gasteiger partial charge in [0.15, 0.2) is 0 Å². The minimum atomic E-state index is -1.17. The third kappa shape index (κ3) is 3.75. The summed E-state index contributed by atoms with van der Waals surface area (Å²) in [5.74, 6) is -1.45. The van der Waals surface area contributed by atoms with Crippen molar-refractivity contribution in [1.82, 2.24) is 9.88 Å². The van der Waals surface area contributed by atoms with Gasteiger partial charge in [0, 0.05) is 18.3 Å². The van der Waals surface area contributed by atoms with Crippen molar-refractivity contribution in [2.24, 2.45) is 0 Å². The maximum atomic E-state index is 11.5. The lowest BCUT2D eigenvalue weighted by atomic mass is 10.3. The molecule has 0 bridgehead atoms. The molecular weight excluding hydrogens is 224 g/mol. The SMILES string of the molecule is CC(C)NC(=O)Cn1ccc(C(=O)O)cc1=O. The predicted molar refractivity (Wildman–Crippen MR) is 60.9 cm³/mol. The van der Waals surface area contributed by atoms with E-state index in [0.717, 1.165) is 10.6 Å². The van der Waals surface area contributed by atoms with Crippen LogP contribution < -0.4 is 10.9 Å². The Morgan fingerprint density at radius 1 is 1.47 bits per heavy atom. The summed E-state index contributed by atoms with van der Waals surface area (Å²) < 4.78 is 1.16. The van der Waals surface area contributed by atoms with Crippen LogP contribution in [-0.2, 0) is 11.3 Å². The molecular formula is C11H14N2O4. The Morgan fingerprint density at radius 3 is 2.59 bits per heavy atom. The lowest BCUT2D eigenvalue weighted by molar-refractivity contribution is -0.122. The lowest BCUT2D eigenvalue weighted by Gasteiger charge is -2.09. The van der Waals surface area contributed by atoms with E-state index in [0.29, 0.717) is 0 Å². The van der Waals surface area contributed by atoms with Crippen molar-refractivity contribution in [3.05, 3.63) is 34.2 Å². The second kappa shape index (κ2) is 5.29. The van der Waals surface area contributed by atoms with Gasteiger partial charge in [-0.15, -0.1) is 0 Å². The summed E-state index contributed by atoms with van der Waals surface area (Å²) in [7, 11) is 0. The third-order valence-electron chi connectivity index (χ3n) is 2.01. The molecule has 0 unspecified atom stereocenters. The summed E-state index contributed by atoms with van der Waals surface area (Å²) in [5, 5.41) is 11.3. The highest BCUT2D eigenvalue weighted by molar-refractivity contribution is 5.87. The number of aromatic nitrogens is 1. The van der Waals surface area contributed by atoms with Crippen LogP contribution in [0.5, 0.6) is 0 Å². The molecule has 6 heteroatoms. The summed E-state index contributed by atoms with van der Waals surface area (Å²) in [6.45, 7) is 3.51. The van der Waals surface area contributed by atoms with Gasteiger partial charge in [-0.1, -0.05) is 0 Å². The van der Waals surface area contributed by atoms with Crippen molar-refractivity contribution in [3.63, 3.8) is 0 Å². The zero-order chi connectivity index (χ0) is 13.0. The third-order valence-corrected chi connectivity index (χ3v) is 2.01. The summed E-state index contributed by atoms with van der Waals surface area (Å²) in [4.78, 5) is 33.5. The van der Waals surface area contributed by atoms with Crippen molar-refractivity contribution >= 4 is 11.9 Å². The molecule has 92 valence electrons. The summed E-state index contributed by atoms with van der Waals surface area (Å²) in [5.41, 5.74) is -0.598. The molecule has 1 aromatic heterocycles. The largest absolute Gasteiger partial charge is 0.478 e. The highest BCUT2D eigenvalue weighted by Gasteiger charge is 2.08. The number of carboxylic acid groups (broad SMARTS) is 1. The summed E-state index contributed by atoms with van der Waals surface area (Å²) in [6, 6.07) is 2.27. The molecule has 2 N–H and O–H groups in total. The van der Waals surface area contributed by atoms with E-state index in [9.17, 15) is 14.4 Å². The standard InChI is InChI=1S/C11H14N2O4/c1-7(2)12-9(14)6-13-4-3-8(11(16)17)5-10(13)15/h3-5,7H,6H2,1-2H3,(H,12,14)(H,16,17). The first-order valence-electron chi connectivity index (χ1n) is 5.13. The van der Waals surface area contributed by atoms with Crippen LogP contribution in [0.25, 0.3) is 0 Å². The highest BCUT2D eigenvalue weighted by Crippen LogP contribution is 1.94. The molecule has 0 aliphatic carbocycles. The van der Waals surface area contributed by atoms with Crippen LogP contribution in [0.4, 0.5) is 0 Å². The molecule has 0 aliphatic heterocycles. The average Bonchev–Trinajstić information content (AvgIpc) is 2.19. The van der Waals surface area contributed by atoms with E-state index in [-0.39, 0.29) is 24.1 Å². The van der Waals surface area contributed by atoms with E-state index < -0.39 is 11.5 Å². The molecule has 0 aliphatic rings. The monoisotopic (exact) mass is 238 g/mol. The van der Waals surface area contributed by atoms with E-state index in [4.69, 9.17) is 5.11 Å². The zero-order valence-electron chi connectivity index (χ0n) is 9.64. The average molecular weight is 238 g/mol. The van der Waals surface area contributed by atoms with Gasteiger partial charge >= 0.3 is 5.97 Å². The maximum Gasteiger partial charge on any atom is 0.335 e. The van der Waals surface area contributed by atoms with Crippen LogP contribution in [0.3, 0.4) is 0 Å². The lowest BCUT2D eigenvalue weighted by Crippen LogP contribution is -2.35. The van der Waals surface area contributed by atoms with Gasteiger partial charge in [-0.2, -0.15) is 0 Å². The Hall–Kier alpha value is -2.11. The van der Waals surface area contributed by atoms with Gasteiger partial charge in [0.05, 0.1) is 5.56 Å². The quantitative estimate of drug-likeness (QED) is 0.777. The van der Waals surface area contributed by atoms with Crippen LogP contribution in [0.2, 0.25) is 0 Å². The first-order valence-corrected chi connectivity index (χ1v) is 5.13. The van der Waals surface area contributed by atoms with Crippen molar-refractivity contribution in [2.75, 3.05) is 0 Å². The summed E-state index contributed by atoms with van der Waals surface area (Å²) >= 11 is 0. The van der Waals surface area contributed by atoms with Crippen LogP contribution in [0, 0.1) is 0 Å². The molecule has 6 nitrogen and oxygen atoms in total. The molecule has 17 heavy (non-hydrogen) atoms. The molecule has 0 aromatic carbocycles. The number of nitrogens with zero attached hydrogens (tertiary/aromatic N) is 1. The fraction of sp³-hybridized carbons (Fsp3) is 0.364. The van der Waals surface area contributed by atoms with Gasteiger partial charge < -0.3 is 15.0 Å². The van der Waals surface area contributed by atoms with Crippen molar-refractivity contribution < 1.29 is 14.7 Å². The van der Waals surface area contributed by atoms with E-state index in [2.05, 4.69) is 5.32 Å². The van der Waals surface area contributed by atoms with Gasteiger partial charge in [0.2, 0.25) is 5.91 Å². The van der Waals surface area contributed by atoms with Crippen molar-refractivity contribution in [3.8, 4) is 0 Å². The molecule has 1 amide bonds. The number of nitrogens with one attached hydrogen (secondary N) is 1. The predicted octanol–water partition coefficient (Wildman–Crippen LogP) is 0.0711. The number of amides is 1. The van der Waals surface area contributed by atoms with E-state index in [1.54, 1.807) is 0 Å². The topological polar surface area (TPSA) is 88.4 Å². The van der Waals surface area contributed by atoms with Crippen molar-refractivity contribution in [1.29, 1.82) is 0 Å². The Balaban J connectivity index is 2.83. The first kappa shape index (κ1) is 13.0. The number of carbonyl (C=O) groups is 2. The molecule has 1 heterocycles. The molecule has 0 fully saturated rings. The molecule has 0 spiro atoms. The van der Waals surface area contributed by atoms with Gasteiger partial charge in [0.25, 0.3) is 5.56 Å². The fourth-order valence-corrected chi connectivity index (χ4v) is 1.29. The Morgan fingerprint density at radius 2 is 2.12 bits per heavy atom. The second-order valence-electron chi connectivity index (χ2n) is 3.91. The van der Waals surface area contributed by atoms with Crippen LogP contribution in [-0.4, -0.2) is 27.6 Å². The number of carbonyl (C=O) groups excluding carboxylic acids is 1. The van der Waals surface area contributed by atoms with E-state index in [1.165, 1.54) is 12.3 Å². The number of hydrogen-bond acceptors (Lipinski definition) is 3. The first-order chi connectivity index (χ1) is 7.90. The maximum absolute atomic E-state index is 11.5. The normalized spacial score (nSPS) is 10.3. The van der Waals surface area contributed by atoms with Gasteiger partial charge in [-0.3, -0.25) is 9.59 Å².